The molecular formula is C15H22Cl2N2O2. The number of aliphatic hydroxyl groups is 1. The van der Waals surface area contributed by atoms with Gasteiger partial charge in [-0.3, -0.25) is 4.90 Å². The van der Waals surface area contributed by atoms with Gasteiger partial charge in [-0.05, 0) is 17.7 Å². The quantitative estimate of drug-likeness (QED) is 0.793. The van der Waals surface area contributed by atoms with Crippen molar-refractivity contribution in [3.05, 3.63) is 27.7 Å². The lowest BCUT2D eigenvalue weighted by Gasteiger charge is -2.43. The zero-order valence-electron chi connectivity index (χ0n) is 12.4. The third kappa shape index (κ3) is 3.63. The molecule has 1 heterocycles. The number of nitrogens with one attached hydrogen (secondary N) is 1. The van der Waals surface area contributed by atoms with Crippen molar-refractivity contribution in [1.82, 2.24) is 10.2 Å². The van der Waals surface area contributed by atoms with Crippen LogP contribution in [0.3, 0.4) is 0 Å². The van der Waals surface area contributed by atoms with Gasteiger partial charge in [0.25, 0.3) is 0 Å². The highest BCUT2D eigenvalue weighted by molar-refractivity contribution is 6.37. The predicted molar refractivity (Wildman–Crippen MR) is 86.2 cm³/mol. The Labute approximate surface area is 135 Å². The summed E-state index contributed by atoms with van der Waals surface area (Å²) in [6.07, 6.45) is 0. The first-order valence-corrected chi connectivity index (χ1v) is 7.86. The molecule has 21 heavy (non-hydrogen) atoms. The minimum absolute atomic E-state index is 0.0137. The van der Waals surface area contributed by atoms with E-state index >= 15 is 0 Å². The van der Waals surface area contributed by atoms with Crippen molar-refractivity contribution in [2.24, 2.45) is 5.41 Å². The van der Waals surface area contributed by atoms with E-state index in [0.29, 0.717) is 0 Å². The minimum atomic E-state index is -0.346. The van der Waals surface area contributed by atoms with Crippen LogP contribution in [0.5, 0.6) is 5.75 Å². The second-order valence-corrected chi connectivity index (χ2v) is 6.98. The van der Waals surface area contributed by atoms with E-state index in [1.165, 1.54) is 0 Å². The molecule has 6 heteroatoms. The van der Waals surface area contributed by atoms with Gasteiger partial charge in [-0.25, -0.2) is 0 Å². The van der Waals surface area contributed by atoms with Crippen LogP contribution in [0.4, 0.5) is 0 Å². The van der Waals surface area contributed by atoms with Crippen molar-refractivity contribution >= 4 is 23.2 Å². The molecule has 0 unspecified atom stereocenters. The lowest BCUT2D eigenvalue weighted by Crippen LogP contribution is -2.49. The van der Waals surface area contributed by atoms with Gasteiger partial charge in [0.05, 0.1) is 10.0 Å². The van der Waals surface area contributed by atoms with Crippen LogP contribution in [-0.2, 0) is 0 Å². The summed E-state index contributed by atoms with van der Waals surface area (Å²) in [7, 11) is 0. The summed E-state index contributed by atoms with van der Waals surface area (Å²) in [5, 5.41) is 23.3. The van der Waals surface area contributed by atoms with E-state index in [-0.39, 0.29) is 33.9 Å². The predicted octanol–water partition coefficient (Wildman–Crippen LogP) is 2.66. The maximum Gasteiger partial charge on any atom is 0.152 e. The normalized spacial score (nSPS) is 18.7. The van der Waals surface area contributed by atoms with Gasteiger partial charge < -0.3 is 15.5 Å². The maximum absolute atomic E-state index is 9.79. The Hall–Kier alpha value is -0.520. The second kappa shape index (κ2) is 6.71. The molecule has 1 aromatic rings. The summed E-state index contributed by atoms with van der Waals surface area (Å²) in [5.41, 5.74) is 0.574. The van der Waals surface area contributed by atoms with Crippen molar-refractivity contribution < 1.29 is 10.2 Å². The highest BCUT2D eigenvalue weighted by atomic mass is 35.5. The first-order valence-electron chi connectivity index (χ1n) is 7.10. The number of phenols is 1. The average Bonchev–Trinajstić information content (AvgIpc) is 2.46. The van der Waals surface area contributed by atoms with Crippen LogP contribution in [0, 0.1) is 5.41 Å². The minimum Gasteiger partial charge on any atom is -0.505 e. The molecule has 1 saturated heterocycles. The first kappa shape index (κ1) is 16.8. The monoisotopic (exact) mass is 332 g/mol. The number of piperazine rings is 1. The fraction of sp³-hybridized carbons (Fsp3) is 0.600. The molecule has 1 atom stereocenters. The number of benzene rings is 1. The van der Waals surface area contributed by atoms with Crippen molar-refractivity contribution in [3.8, 4) is 5.75 Å². The molecule has 2 rings (SSSR count). The van der Waals surface area contributed by atoms with Gasteiger partial charge in [-0.1, -0.05) is 37.0 Å². The van der Waals surface area contributed by atoms with E-state index in [9.17, 15) is 10.2 Å². The van der Waals surface area contributed by atoms with Crippen LogP contribution >= 0.6 is 23.2 Å². The lowest BCUT2D eigenvalue weighted by molar-refractivity contribution is 0.0305. The number of rotatable bonds is 4. The molecule has 0 spiro atoms. The molecule has 3 N–H and O–H groups in total. The Kier molecular flexibility index (Phi) is 5.38. The topological polar surface area (TPSA) is 55.7 Å². The zero-order chi connectivity index (χ0) is 15.6. The number of aromatic hydroxyl groups is 1. The van der Waals surface area contributed by atoms with Crippen LogP contribution in [-0.4, -0.2) is 47.9 Å². The van der Waals surface area contributed by atoms with E-state index in [1.807, 2.05) is 13.8 Å². The number of aliphatic hydroxyl groups excluding tert-OH is 1. The Morgan fingerprint density at radius 1 is 1.24 bits per heavy atom. The van der Waals surface area contributed by atoms with Gasteiger partial charge in [-0.15, -0.1) is 0 Å². The molecule has 0 amide bonds. The summed E-state index contributed by atoms with van der Waals surface area (Å²) < 4.78 is 0. The highest BCUT2D eigenvalue weighted by Crippen LogP contribution is 2.42. The zero-order valence-corrected chi connectivity index (χ0v) is 13.9. The molecule has 1 aliphatic rings. The van der Waals surface area contributed by atoms with Crippen molar-refractivity contribution in [1.29, 1.82) is 0 Å². The maximum atomic E-state index is 9.79. The van der Waals surface area contributed by atoms with Gasteiger partial charge in [0, 0.05) is 44.2 Å². The smallest absolute Gasteiger partial charge is 0.152 e. The van der Waals surface area contributed by atoms with E-state index < -0.39 is 0 Å². The number of nitrogens with zero attached hydrogens (tertiary/aromatic N) is 1. The van der Waals surface area contributed by atoms with Crippen LogP contribution in [0.2, 0.25) is 10.0 Å². The second-order valence-electron chi connectivity index (χ2n) is 6.17. The molecule has 4 nitrogen and oxygen atoms in total. The molecule has 1 fully saturated rings. The molecule has 0 aromatic heterocycles. The summed E-state index contributed by atoms with van der Waals surface area (Å²) in [5.74, 6) is -0.0945. The van der Waals surface area contributed by atoms with Crippen molar-refractivity contribution in [3.63, 3.8) is 0 Å². The van der Waals surface area contributed by atoms with Gasteiger partial charge in [-0.2, -0.15) is 0 Å². The molecule has 0 saturated carbocycles. The molecular weight excluding hydrogens is 311 g/mol. The lowest BCUT2D eigenvalue weighted by atomic mass is 9.79. The number of hydrogen-bond acceptors (Lipinski definition) is 4. The Bertz CT molecular complexity index is 479. The average molecular weight is 333 g/mol. The van der Waals surface area contributed by atoms with Crippen molar-refractivity contribution in [2.45, 2.75) is 19.9 Å². The number of halogens is 2. The van der Waals surface area contributed by atoms with Crippen LogP contribution in [0.15, 0.2) is 12.1 Å². The van der Waals surface area contributed by atoms with E-state index in [4.69, 9.17) is 23.2 Å². The summed E-state index contributed by atoms with van der Waals surface area (Å²) in [4.78, 5) is 2.33. The van der Waals surface area contributed by atoms with Gasteiger partial charge >= 0.3 is 0 Å². The van der Waals surface area contributed by atoms with Crippen LogP contribution < -0.4 is 5.32 Å². The van der Waals surface area contributed by atoms with Gasteiger partial charge in [0.15, 0.2) is 5.75 Å². The summed E-state index contributed by atoms with van der Waals surface area (Å²) >= 11 is 12.1. The first-order chi connectivity index (χ1) is 9.86. The summed E-state index contributed by atoms with van der Waals surface area (Å²) in [6.45, 7) is 7.71. The SMILES string of the molecule is CC(C)(CO)[C@@H](c1cc(Cl)c(O)c(Cl)c1)N1CCNCC1. The fourth-order valence-corrected chi connectivity index (χ4v) is 3.43. The standard InChI is InChI=1S/C15H22Cl2N2O2/c1-15(2,9-20)14(19-5-3-18-4-6-19)10-7-11(16)13(21)12(17)8-10/h7-8,14,18,20-21H,3-6,9H2,1-2H3/t14-/m1/s1. The van der Waals surface area contributed by atoms with E-state index in [2.05, 4.69) is 10.2 Å². The largest absolute Gasteiger partial charge is 0.505 e. The Morgan fingerprint density at radius 3 is 2.24 bits per heavy atom. The van der Waals surface area contributed by atoms with Crippen LogP contribution in [0.25, 0.3) is 0 Å². The third-order valence-corrected chi connectivity index (χ3v) is 4.60. The molecule has 1 aromatic carbocycles. The third-order valence-electron chi connectivity index (χ3n) is 4.02. The fourth-order valence-electron chi connectivity index (χ4n) is 2.93. The number of hydrogen-bond donors (Lipinski definition) is 3. The van der Waals surface area contributed by atoms with E-state index in [1.54, 1.807) is 12.1 Å². The molecule has 0 bridgehead atoms. The van der Waals surface area contributed by atoms with Gasteiger partial charge in [0.2, 0.25) is 0 Å². The molecule has 0 radical (unpaired) electrons. The van der Waals surface area contributed by atoms with Gasteiger partial charge in [0.1, 0.15) is 0 Å². The Balaban J connectivity index is 2.44. The Morgan fingerprint density at radius 2 is 1.76 bits per heavy atom. The van der Waals surface area contributed by atoms with E-state index in [0.717, 1.165) is 31.7 Å². The number of phenolic OH excluding ortho intramolecular Hbond substituents is 1. The summed E-state index contributed by atoms with van der Waals surface area (Å²) in [6, 6.07) is 3.47. The van der Waals surface area contributed by atoms with Crippen molar-refractivity contribution in [2.75, 3.05) is 32.8 Å². The molecule has 0 aliphatic carbocycles. The highest BCUT2D eigenvalue weighted by Gasteiger charge is 2.36. The molecule has 118 valence electrons. The molecule has 1 aliphatic heterocycles. The van der Waals surface area contributed by atoms with Crippen LogP contribution in [0.1, 0.15) is 25.5 Å².